The molecule has 0 aliphatic heterocycles. The third-order valence-electron chi connectivity index (χ3n) is 2.25. The van der Waals surface area contributed by atoms with Gasteiger partial charge in [-0.25, -0.2) is 0 Å². The number of nitrogens with zero attached hydrogens (tertiary/aromatic N) is 2. The van der Waals surface area contributed by atoms with Crippen molar-refractivity contribution in [2.75, 3.05) is 0 Å². The molecule has 2 N–H and O–H groups in total. The monoisotopic (exact) mass is 279 g/mol. The molecule has 0 aliphatic carbocycles. The van der Waals surface area contributed by atoms with Crippen LogP contribution in [0.5, 0.6) is 11.6 Å². The normalized spacial score (nSPS) is 10.1. The first-order valence-electron chi connectivity index (χ1n) is 5.13. The van der Waals surface area contributed by atoms with Crippen LogP contribution in [0.25, 0.3) is 0 Å². The Morgan fingerprint density at radius 3 is 2.83 bits per heavy atom. The maximum Gasteiger partial charge on any atom is 0.249 e. The average Bonchev–Trinajstić information content (AvgIpc) is 2.33. The molecular weight excluding hydrogens is 270 g/mol. The van der Waals surface area contributed by atoms with E-state index in [1.54, 1.807) is 18.2 Å². The standard InChI is InChI=1S/C12H10ClN3OS/c1-7-2-3-10(9(13)6-7)17-12-8(11(14)18)4-5-15-16-12/h2-6H,1H3,(H2,14,18). The highest BCUT2D eigenvalue weighted by atomic mass is 35.5. The van der Waals surface area contributed by atoms with Gasteiger partial charge in [0.05, 0.1) is 16.8 Å². The third kappa shape index (κ3) is 2.75. The molecule has 0 unspecified atom stereocenters. The summed E-state index contributed by atoms with van der Waals surface area (Å²) in [5.41, 5.74) is 7.15. The van der Waals surface area contributed by atoms with Crippen molar-refractivity contribution in [1.29, 1.82) is 0 Å². The van der Waals surface area contributed by atoms with Crippen molar-refractivity contribution in [3.8, 4) is 11.6 Å². The second-order valence-electron chi connectivity index (χ2n) is 3.65. The Hall–Kier alpha value is -1.72. The predicted molar refractivity (Wildman–Crippen MR) is 74.2 cm³/mol. The molecule has 0 amide bonds. The molecule has 2 rings (SSSR count). The molecule has 1 aromatic carbocycles. The molecule has 92 valence electrons. The largest absolute Gasteiger partial charge is 0.435 e. The van der Waals surface area contributed by atoms with Crippen LogP contribution in [0, 0.1) is 6.92 Å². The molecule has 0 spiro atoms. The summed E-state index contributed by atoms with van der Waals surface area (Å²) in [5.74, 6) is 0.732. The van der Waals surface area contributed by atoms with Crippen LogP contribution in [0.3, 0.4) is 0 Å². The summed E-state index contributed by atoms with van der Waals surface area (Å²) in [4.78, 5) is 0.197. The molecule has 1 aromatic heterocycles. The minimum atomic E-state index is 0.197. The van der Waals surface area contributed by atoms with Crippen LogP contribution in [0.4, 0.5) is 0 Å². The molecule has 18 heavy (non-hydrogen) atoms. The smallest absolute Gasteiger partial charge is 0.249 e. The molecule has 6 heteroatoms. The second kappa shape index (κ2) is 5.29. The highest BCUT2D eigenvalue weighted by Crippen LogP contribution is 2.30. The van der Waals surface area contributed by atoms with Crippen molar-refractivity contribution in [3.63, 3.8) is 0 Å². The quantitative estimate of drug-likeness (QED) is 0.876. The summed E-state index contributed by atoms with van der Waals surface area (Å²) >= 11 is 11.0. The van der Waals surface area contributed by atoms with E-state index in [0.29, 0.717) is 16.3 Å². The summed E-state index contributed by atoms with van der Waals surface area (Å²) < 4.78 is 5.58. The van der Waals surface area contributed by atoms with Crippen molar-refractivity contribution < 1.29 is 4.74 Å². The van der Waals surface area contributed by atoms with Gasteiger partial charge in [0, 0.05) is 0 Å². The topological polar surface area (TPSA) is 61.0 Å². The van der Waals surface area contributed by atoms with E-state index in [1.807, 2.05) is 13.0 Å². The van der Waals surface area contributed by atoms with Gasteiger partial charge >= 0.3 is 0 Å². The zero-order valence-electron chi connectivity index (χ0n) is 9.55. The van der Waals surface area contributed by atoms with Gasteiger partial charge in [0.15, 0.2) is 0 Å². The first kappa shape index (κ1) is 12.7. The van der Waals surface area contributed by atoms with Crippen LogP contribution in [-0.2, 0) is 0 Å². The second-order valence-corrected chi connectivity index (χ2v) is 4.50. The van der Waals surface area contributed by atoms with Gasteiger partial charge in [0.25, 0.3) is 0 Å². The lowest BCUT2D eigenvalue weighted by Gasteiger charge is -2.09. The van der Waals surface area contributed by atoms with Gasteiger partial charge in [-0.05, 0) is 30.7 Å². The number of nitrogens with two attached hydrogens (primary N) is 1. The predicted octanol–water partition coefficient (Wildman–Crippen LogP) is 2.86. The molecule has 0 saturated carbocycles. The fourth-order valence-electron chi connectivity index (χ4n) is 1.37. The van der Waals surface area contributed by atoms with Crippen LogP contribution in [0.1, 0.15) is 11.1 Å². The van der Waals surface area contributed by atoms with Gasteiger partial charge in [-0.3, -0.25) is 0 Å². The molecule has 1 heterocycles. The number of ether oxygens (including phenoxy) is 1. The summed E-state index contributed by atoms with van der Waals surface area (Å²) in [6.45, 7) is 1.94. The van der Waals surface area contributed by atoms with Gasteiger partial charge in [0.1, 0.15) is 10.7 Å². The van der Waals surface area contributed by atoms with Gasteiger partial charge < -0.3 is 10.5 Å². The average molecular weight is 280 g/mol. The van der Waals surface area contributed by atoms with Crippen molar-refractivity contribution in [2.24, 2.45) is 5.73 Å². The molecular formula is C12H10ClN3OS. The maximum atomic E-state index is 6.07. The van der Waals surface area contributed by atoms with E-state index in [4.69, 9.17) is 34.3 Å². The van der Waals surface area contributed by atoms with Crippen LogP contribution in [-0.4, -0.2) is 15.2 Å². The first-order chi connectivity index (χ1) is 8.58. The number of aryl methyl sites for hydroxylation is 1. The molecule has 4 nitrogen and oxygen atoms in total. The molecule has 0 bridgehead atoms. The summed E-state index contributed by atoms with van der Waals surface area (Å²) in [7, 11) is 0. The van der Waals surface area contributed by atoms with Gasteiger partial charge in [-0.15, -0.1) is 5.10 Å². The summed E-state index contributed by atoms with van der Waals surface area (Å²) in [6.07, 6.45) is 1.50. The first-order valence-corrected chi connectivity index (χ1v) is 5.92. The molecule has 2 aromatic rings. The van der Waals surface area contributed by atoms with Crippen molar-refractivity contribution >= 4 is 28.8 Å². The highest BCUT2D eigenvalue weighted by Gasteiger charge is 2.11. The lowest BCUT2D eigenvalue weighted by molar-refractivity contribution is 0.454. The minimum Gasteiger partial charge on any atom is -0.435 e. The lowest BCUT2D eigenvalue weighted by Crippen LogP contribution is -2.12. The van der Waals surface area contributed by atoms with E-state index >= 15 is 0 Å². The van der Waals surface area contributed by atoms with Crippen molar-refractivity contribution in [1.82, 2.24) is 10.2 Å². The van der Waals surface area contributed by atoms with E-state index in [1.165, 1.54) is 6.20 Å². The molecule has 0 fully saturated rings. The van der Waals surface area contributed by atoms with Crippen LogP contribution >= 0.6 is 23.8 Å². The zero-order chi connectivity index (χ0) is 13.1. The van der Waals surface area contributed by atoms with E-state index in [0.717, 1.165) is 5.56 Å². The number of aromatic nitrogens is 2. The summed E-state index contributed by atoms with van der Waals surface area (Å²) in [5, 5.41) is 8.09. The zero-order valence-corrected chi connectivity index (χ0v) is 11.1. The molecule has 0 atom stereocenters. The highest BCUT2D eigenvalue weighted by molar-refractivity contribution is 7.80. The Kier molecular flexibility index (Phi) is 3.74. The molecule has 0 radical (unpaired) electrons. The molecule has 0 saturated heterocycles. The van der Waals surface area contributed by atoms with Crippen LogP contribution < -0.4 is 10.5 Å². The Labute approximate surface area is 115 Å². The van der Waals surface area contributed by atoms with E-state index < -0.39 is 0 Å². The Morgan fingerprint density at radius 2 is 2.17 bits per heavy atom. The van der Waals surface area contributed by atoms with E-state index in [9.17, 15) is 0 Å². The van der Waals surface area contributed by atoms with Crippen LogP contribution in [0.15, 0.2) is 30.5 Å². The lowest BCUT2D eigenvalue weighted by atomic mass is 10.2. The fourth-order valence-corrected chi connectivity index (χ4v) is 1.80. The van der Waals surface area contributed by atoms with Crippen molar-refractivity contribution in [2.45, 2.75) is 6.92 Å². The number of benzene rings is 1. The number of rotatable bonds is 3. The SMILES string of the molecule is Cc1ccc(Oc2nnccc2C(N)=S)c(Cl)c1. The third-order valence-corrected chi connectivity index (χ3v) is 2.76. The summed E-state index contributed by atoms with van der Waals surface area (Å²) in [6, 6.07) is 7.09. The Morgan fingerprint density at radius 1 is 1.39 bits per heavy atom. The van der Waals surface area contributed by atoms with E-state index in [2.05, 4.69) is 10.2 Å². The number of hydrogen-bond donors (Lipinski definition) is 1. The van der Waals surface area contributed by atoms with Crippen LogP contribution in [0.2, 0.25) is 5.02 Å². The van der Waals surface area contributed by atoms with Gasteiger partial charge in [0.2, 0.25) is 5.88 Å². The number of thiocarbonyl (C=S) groups is 1. The maximum absolute atomic E-state index is 6.07. The van der Waals surface area contributed by atoms with Crippen molar-refractivity contribution in [3.05, 3.63) is 46.6 Å². The molecule has 0 aliphatic rings. The van der Waals surface area contributed by atoms with Gasteiger partial charge in [-0.1, -0.05) is 29.9 Å². The number of hydrogen-bond acceptors (Lipinski definition) is 4. The minimum absolute atomic E-state index is 0.197. The Balaban J connectivity index is 2.37. The number of halogens is 1. The van der Waals surface area contributed by atoms with Gasteiger partial charge in [-0.2, -0.15) is 5.10 Å². The fraction of sp³-hybridized carbons (Fsp3) is 0.0833. The van der Waals surface area contributed by atoms with E-state index in [-0.39, 0.29) is 10.9 Å². The Bertz CT molecular complexity index is 604.